The van der Waals surface area contributed by atoms with Crippen LogP contribution in [0.15, 0.2) is 42.0 Å². The predicted octanol–water partition coefficient (Wildman–Crippen LogP) is 6.79. The molecule has 0 spiro atoms. The lowest BCUT2D eigenvalue weighted by Gasteiger charge is -2.29. The molecule has 37 heavy (non-hydrogen) atoms. The Hall–Kier alpha value is -2.47. The molecule has 3 fully saturated rings. The highest BCUT2D eigenvalue weighted by Crippen LogP contribution is 2.40. The lowest BCUT2D eigenvalue weighted by Crippen LogP contribution is -2.43. The quantitative estimate of drug-likeness (QED) is 0.361. The van der Waals surface area contributed by atoms with Crippen LogP contribution >= 0.6 is 0 Å². The minimum atomic E-state index is -0.200. The summed E-state index contributed by atoms with van der Waals surface area (Å²) in [5, 5.41) is 0. The van der Waals surface area contributed by atoms with Crippen molar-refractivity contribution in [1.82, 2.24) is 4.90 Å². The molecule has 2 heterocycles. The topological polar surface area (TPSA) is 57.2 Å². The van der Waals surface area contributed by atoms with E-state index < -0.39 is 0 Å². The summed E-state index contributed by atoms with van der Waals surface area (Å²) in [4.78, 5) is 14.9. The summed E-state index contributed by atoms with van der Waals surface area (Å²) in [5.41, 5.74) is 3.70. The number of carbonyl (C=O) groups excluding carboxylic acids is 1. The number of carbonyl (C=O) groups is 1. The Labute approximate surface area is 222 Å². The van der Waals surface area contributed by atoms with Gasteiger partial charge in [-0.15, -0.1) is 0 Å². The fraction of sp³-hybridized carbons (Fsp3) is 0.645. The van der Waals surface area contributed by atoms with Gasteiger partial charge in [-0.2, -0.15) is 0 Å². The van der Waals surface area contributed by atoms with E-state index in [1.165, 1.54) is 29.6 Å². The van der Waals surface area contributed by atoms with Gasteiger partial charge in [0.25, 0.3) is 0 Å². The van der Waals surface area contributed by atoms with E-state index >= 15 is 0 Å². The van der Waals surface area contributed by atoms with E-state index in [1.54, 1.807) is 7.11 Å². The number of likely N-dealkylation sites (tertiary alicyclic amines) is 1. The van der Waals surface area contributed by atoms with E-state index in [9.17, 15) is 4.79 Å². The monoisotopic (exact) mass is 509 g/mol. The second-order valence-electron chi connectivity index (χ2n) is 11.4. The van der Waals surface area contributed by atoms with E-state index in [-0.39, 0.29) is 30.3 Å². The lowest BCUT2D eigenvalue weighted by molar-refractivity contribution is 0.0336. The largest absolute Gasteiger partial charge is 0.493 e. The van der Waals surface area contributed by atoms with Gasteiger partial charge in [0.15, 0.2) is 11.5 Å². The molecule has 5 rings (SSSR count). The Morgan fingerprint density at radius 2 is 1.97 bits per heavy atom. The van der Waals surface area contributed by atoms with Crippen molar-refractivity contribution in [3.8, 4) is 11.5 Å². The van der Waals surface area contributed by atoms with Crippen molar-refractivity contribution in [1.29, 1.82) is 0 Å². The second-order valence-corrected chi connectivity index (χ2v) is 11.4. The average Bonchev–Trinajstić information content (AvgIpc) is 3.69. The Morgan fingerprint density at radius 3 is 2.70 bits per heavy atom. The fourth-order valence-corrected chi connectivity index (χ4v) is 6.49. The van der Waals surface area contributed by atoms with Crippen LogP contribution in [0.4, 0.5) is 4.79 Å². The zero-order valence-electron chi connectivity index (χ0n) is 22.6. The lowest BCUT2D eigenvalue weighted by atomic mass is 9.86. The molecule has 6 nitrogen and oxygen atoms in total. The summed E-state index contributed by atoms with van der Waals surface area (Å²) in [6, 6.07) is 6.38. The summed E-state index contributed by atoms with van der Waals surface area (Å²) in [7, 11) is 1.70. The SMILES string of the molecule is C=C(C)C1CC=C(COC(=O)N2CCCC2C2CC(c3ccc(OC)c(OC4CCCC4)c3)CO2)CC1. The molecule has 0 radical (unpaired) electrons. The normalized spacial score (nSPS) is 28.3. The van der Waals surface area contributed by atoms with Gasteiger partial charge in [-0.05, 0) is 100 Å². The summed E-state index contributed by atoms with van der Waals surface area (Å²) < 4.78 is 24.0. The molecule has 0 aromatic heterocycles. The number of rotatable bonds is 8. The van der Waals surface area contributed by atoms with Gasteiger partial charge in [0.2, 0.25) is 0 Å². The first-order valence-electron chi connectivity index (χ1n) is 14.2. The number of ether oxygens (including phenoxy) is 4. The first-order valence-corrected chi connectivity index (χ1v) is 14.2. The first kappa shape index (κ1) is 26.1. The highest BCUT2D eigenvalue weighted by atomic mass is 16.6. The molecule has 202 valence electrons. The predicted molar refractivity (Wildman–Crippen MR) is 144 cm³/mol. The molecule has 1 amide bonds. The van der Waals surface area contributed by atoms with Gasteiger partial charge in [-0.1, -0.05) is 24.3 Å². The number of amides is 1. The molecule has 1 saturated carbocycles. The van der Waals surface area contributed by atoms with Crippen molar-refractivity contribution in [2.45, 2.75) is 95.3 Å². The Morgan fingerprint density at radius 1 is 1.14 bits per heavy atom. The van der Waals surface area contributed by atoms with Crippen molar-refractivity contribution in [2.75, 3.05) is 26.9 Å². The smallest absolute Gasteiger partial charge is 0.410 e. The van der Waals surface area contributed by atoms with Gasteiger partial charge in [-0.25, -0.2) is 4.79 Å². The number of hydrogen-bond donors (Lipinski definition) is 0. The zero-order valence-corrected chi connectivity index (χ0v) is 22.6. The van der Waals surface area contributed by atoms with E-state index in [0.717, 1.165) is 69.4 Å². The number of benzene rings is 1. The highest BCUT2D eigenvalue weighted by molar-refractivity contribution is 5.68. The Kier molecular flexibility index (Phi) is 8.43. The average molecular weight is 510 g/mol. The van der Waals surface area contributed by atoms with Crippen LogP contribution in [0.5, 0.6) is 11.5 Å². The standard InChI is InChI=1S/C31H43NO5/c1-21(2)23-12-10-22(11-13-23)19-36-31(33)32-16-6-9-27(32)29-18-25(20-35-29)24-14-15-28(34-3)30(17-24)37-26-7-4-5-8-26/h10,14-15,17,23,25-27,29H,1,4-9,11-13,16,18-20H2,2-3H3. The van der Waals surface area contributed by atoms with Gasteiger partial charge >= 0.3 is 6.09 Å². The molecule has 1 aromatic rings. The van der Waals surface area contributed by atoms with Crippen LogP contribution in [0, 0.1) is 5.92 Å². The third kappa shape index (κ3) is 6.17. The molecular formula is C31H43NO5. The van der Waals surface area contributed by atoms with Crippen molar-refractivity contribution in [2.24, 2.45) is 5.92 Å². The van der Waals surface area contributed by atoms with Gasteiger partial charge in [0.1, 0.15) is 6.61 Å². The molecule has 2 aliphatic heterocycles. The van der Waals surface area contributed by atoms with Gasteiger partial charge in [-0.3, -0.25) is 0 Å². The van der Waals surface area contributed by atoms with Crippen molar-refractivity contribution in [3.05, 3.63) is 47.6 Å². The number of allylic oxidation sites excluding steroid dienone is 2. The summed E-state index contributed by atoms with van der Waals surface area (Å²) >= 11 is 0. The molecule has 6 heteroatoms. The van der Waals surface area contributed by atoms with E-state index in [2.05, 4.69) is 31.7 Å². The van der Waals surface area contributed by atoms with Gasteiger partial charge in [0, 0.05) is 12.5 Å². The maximum atomic E-state index is 13.0. The van der Waals surface area contributed by atoms with Crippen molar-refractivity contribution in [3.63, 3.8) is 0 Å². The first-order chi connectivity index (χ1) is 18.0. The van der Waals surface area contributed by atoms with Crippen LogP contribution in [-0.4, -0.2) is 56.1 Å². The van der Waals surface area contributed by atoms with Crippen molar-refractivity contribution < 1.29 is 23.7 Å². The minimum absolute atomic E-state index is 0.0339. The molecule has 2 saturated heterocycles. The maximum absolute atomic E-state index is 13.0. The van der Waals surface area contributed by atoms with E-state index in [4.69, 9.17) is 18.9 Å². The van der Waals surface area contributed by atoms with Crippen LogP contribution in [0.25, 0.3) is 0 Å². The van der Waals surface area contributed by atoms with Crippen LogP contribution in [0.2, 0.25) is 0 Å². The molecule has 0 N–H and O–H groups in total. The van der Waals surface area contributed by atoms with Crippen molar-refractivity contribution >= 4 is 6.09 Å². The summed E-state index contributed by atoms with van der Waals surface area (Å²) in [6.07, 6.45) is 13.0. The Balaban J connectivity index is 1.17. The van der Waals surface area contributed by atoms with Crippen LogP contribution < -0.4 is 9.47 Å². The zero-order chi connectivity index (χ0) is 25.8. The molecular weight excluding hydrogens is 466 g/mol. The van der Waals surface area contributed by atoms with E-state index in [0.29, 0.717) is 19.1 Å². The van der Waals surface area contributed by atoms with E-state index in [1.807, 2.05) is 11.0 Å². The highest BCUT2D eigenvalue weighted by Gasteiger charge is 2.41. The van der Waals surface area contributed by atoms with Crippen LogP contribution in [0.1, 0.15) is 82.6 Å². The number of hydrogen-bond acceptors (Lipinski definition) is 5. The second kappa shape index (κ2) is 11.9. The molecule has 1 aromatic carbocycles. The molecule has 4 unspecified atom stereocenters. The maximum Gasteiger partial charge on any atom is 0.410 e. The number of nitrogens with zero attached hydrogens (tertiary/aromatic N) is 1. The van der Waals surface area contributed by atoms with Crippen LogP contribution in [-0.2, 0) is 9.47 Å². The van der Waals surface area contributed by atoms with Gasteiger partial charge in [0.05, 0.1) is 32.0 Å². The summed E-state index contributed by atoms with van der Waals surface area (Å²) in [6.45, 7) is 7.99. The minimum Gasteiger partial charge on any atom is -0.493 e. The third-order valence-electron chi connectivity index (χ3n) is 8.83. The molecule has 4 atom stereocenters. The molecule has 0 bridgehead atoms. The molecule has 4 aliphatic rings. The number of methoxy groups -OCH3 is 1. The summed E-state index contributed by atoms with van der Waals surface area (Å²) in [5.74, 6) is 2.48. The Bertz CT molecular complexity index is 997. The third-order valence-corrected chi connectivity index (χ3v) is 8.83. The van der Waals surface area contributed by atoms with Gasteiger partial charge < -0.3 is 23.8 Å². The van der Waals surface area contributed by atoms with Crippen LogP contribution in [0.3, 0.4) is 0 Å². The fourth-order valence-electron chi connectivity index (χ4n) is 6.49. The molecule has 2 aliphatic carbocycles.